The fourth-order valence-corrected chi connectivity index (χ4v) is 2.41. The Kier molecular flexibility index (Phi) is 5.11. The molecule has 0 saturated carbocycles. The summed E-state index contributed by atoms with van der Waals surface area (Å²) in [7, 11) is 0. The molecule has 6 heteroatoms. The van der Waals surface area contributed by atoms with Crippen LogP contribution in [-0.4, -0.2) is 6.54 Å². The van der Waals surface area contributed by atoms with Gasteiger partial charge >= 0.3 is 6.18 Å². The van der Waals surface area contributed by atoms with Crippen molar-refractivity contribution in [3.63, 3.8) is 0 Å². The van der Waals surface area contributed by atoms with Gasteiger partial charge in [0.1, 0.15) is 11.5 Å². The summed E-state index contributed by atoms with van der Waals surface area (Å²) in [6.07, 6.45) is -3.37. The van der Waals surface area contributed by atoms with Crippen molar-refractivity contribution in [2.24, 2.45) is 0 Å². The second kappa shape index (κ2) is 6.66. The Hall–Kier alpha value is -1.27. The van der Waals surface area contributed by atoms with Crippen LogP contribution >= 0.6 is 15.9 Å². The van der Waals surface area contributed by atoms with Gasteiger partial charge in [-0.3, -0.25) is 0 Å². The van der Waals surface area contributed by atoms with E-state index in [-0.39, 0.29) is 0 Å². The summed E-state index contributed by atoms with van der Waals surface area (Å²) >= 11 is 3.11. The van der Waals surface area contributed by atoms with Gasteiger partial charge in [0.05, 0.1) is 12.1 Å². The lowest BCUT2D eigenvalue weighted by molar-refractivity contribution is -0.137. The molecular formula is C15H15BrF3NO. The Labute approximate surface area is 129 Å². The SMILES string of the molecule is CCCNCc1ccc(-c2cc(Br)cc(C(F)(F)F)c2)o1. The number of hydrogen-bond donors (Lipinski definition) is 1. The number of hydrogen-bond acceptors (Lipinski definition) is 2. The molecule has 0 unspecified atom stereocenters. The molecule has 1 N–H and O–H groups in total. The van der Waals surface area contributed by atoms with Gasteiger partial charge in [0.2, 0.25) is 0 Å². The molecule has 2 aromatic rings. The molecule has 0 aliphatic carbocycles. The molecule has 0 fully saturated rings. The molecule has 0 spiro atoms. The van der Waals surface area contributed by atoms with Gasteiger partial charge in [-0.15, -0.1) is 0 Å². The van der Waals surface area contributed by atoms with Crippen LogP contribution in [0.25, 0.3) is 11.3 Å². The van der Waals surface area contributed by atoms with E-state index in [4.69, 9.17) is 4.42 Å². The highest BCUT2D eigenvalue weighted by Gasteiger charge is 2.31. The fraction of sp³-hybridized carbons (Fsp3) is 0.333. The molecule has 114 valence electrons. The predicted octanol–water partition coefficient (Wildman–Crippen LogP) is 5.23. The Morgan fingerprint density at radius 1 is 1.19 bits per heavy atom. The fourth-order valence-electron chi connectivity index (χ4n) is 1.91. The first kappa shape index (κ1) is 16.1. The topological polar surface area (TPSA) is 25.2 Å². The number of benzene rings is 1. The van der Waals surface area contributed by atoms with Gasteiger partial charge in [0.15, 0.2) is 0 Å². The molecule has 1 aromatic heterocycles. The average molecular weight is 362 g/mol. The zero-order valence-electron chi connectivity index (χ0n) is 11.4. The van der Waals surface area contributed by atoms with Crippen molar-refractivity contribution in [2.45, 2.75) is 26.1 Å². The van der Waals surface area contributed by atoms with E-state index in [1.807, 2.05) is 0 Å². The lowest BCUT2D eigenvalue weighted by Gasteiger charge is -2.09. The molecule has 0 radical (unpaired) electrons. The van der Waals surface area contributed by atoms with Crippen LogP contribution in [0.4, 0.5) is 13.2 Å². The molecule has 0 aliphatic rings. The van der Waals surface area contributed by atoms with Gasteiger partial charge < -0.3 is 9.73 Å². The van der Waals surface area contributed by atoms with E-state index < -0.39 is 11.7 Å². The molecule has 2 rings (SSSR count). The minimum atomic E-state index is -4.38. The summed E-state index contributed by atoms with van der Waals surface area (Å²) in [5.41, 5.74) is -0.299. The Morgan fingerprint density at radius 2 is 1.95 bits per heavy atom. The van der Waals surface area contributed by atoms with Crippen molar-refractivity contribution >= 4 is 15.9 Å². The van der Waals surface area contributed by atoms with E-state index in [0.29, 0.717) is 28.1 Å². The monoisotopic (exact) mass is 361 g/mol. The van der Waals surface area contributed by atoms with E-state index >= 15 is 0 Å². The summed E-state index contributed by atoms with van der Waals surface area (Å²) in [4.78, 5) is 0. The largest absolute Gasteiger partial charge is 0.460 e. The lowest BCUT2D eigenvalue weighted by atomic mass is 10.1. The highest BCUT2D eigenvalue weighted by molar-refractivity contribution is 9.10. The highest BCUT2D eigenvalue weighted by atomic mass is 79.9. The lowest BCUT2D eigenvalue weighted by Crippen LogP contribution is -2.12. The Bertz CT molecular complexity index is 607. The quantitative estimate of drug-likeness (QED) is 0.737. The maximum Gasteiger partial charge on any atom is 0.416 e. The van der Waals surface area contributed by atoms with E-state index in [9.17, 15) is 13.2 Å². The van der Waals surface area contributed by atoms with Crippen molar-refractivity contribution in [3.05, 3.63) is 46.1 Å². The number of rotatable bonds is 5. The number of halogens is 4. The first-order valence-electron chi connectivity index (χ1n) is 6.57. The van der Waals surface area contributed by atoms with Crippen LogP contribution in [0, 0.1) is 0 Å². The summed E-state index contributed by atoms with van der Waals surface area (Å²) < 4.78 is 44.4. The van der Waals surface area contributed by atoms with Crippen molar-refractivity contribution in [2.75, 3.05) is 6.54 Å². The molecule has 0 atom stereocenters. The average Bonchev–Trinajstić information content (AvgIpc) is 2.86. The van der Waals surface area contributed by atoms with E-state index in [1.54, 1.807) is 18.2 Å². The number of nitrogens with one attached hydrogen (secondary N) is 1. The molecule has 2 nitrogen and oxygen atoms in total. The zero-order valence-corrected chi connectivity index (χ0v) is 13.0. The smallest absolute Gasteiger partial charge is 0.416 e. The van der Waals surface area contributed by atoms with Crippen LogP contribution < -0.4 is 5.32 Å². The molecule has 21 heavy (non-hydrogen) atoms. The first-order chi connectivity index (χ1) is 9.90. The first-order valence-corrected chi connectivity index (χ1v) is 7.37. The van der Waals surface area contributed by atoms with Crippen molar-refractivity contribution in [1.29, 1.82) is 0 Å². The molecule has 0 saturated heterocycles. The van der Waals surface area contributed by atoms with Crippen molar-refractivity contribution < 1.29 is 17.6 Å². The van der Waals surface area contributed by atoms with Crippen LogP contribution in [0.15, 0.2) is 39.2 Å². The summed E-state index contributed by atoms with van der Waals surface area (Å²) in [5.74, 6) is 1.13. The second-order valence-electron chi connectivity index (χ2n) is 4.67. The summed E-state index contributed by atoms with van der Waals surface area (Å²) in [5, 5.41) is 3.18. The molecule has 0 amide bonds. The third kappa shape index (κ3) is 4.35. The van der Waals surface area contributed by atoms with Crippen LogP contribution in [0.1, 0.15) is 24.7 Å². The van der Waals surface area contributed by atoms with Gasteiger partial charge in [0.25, 0.3) is 0 Å². The van der Waals surface area contributed by atoms with Gasteiger partial charge in [-0.1, -0.05) is 22.9 Å². The molecule has 1 aromatic carbocycles. The van der Waals surface area contributed by atoms with E-state index in [1.165, 1.54) is 0 Å². The normalized spacial score (nSPS) is 11.9. The highest BCUT2D eigenvalue weighted by Crippen LogP contribution is 2.35. The second-order valence-corrected chi connectivity index (χ2v) is 5.58. The predicted molar refractivity (Wildman–Crippen MR) is 78.8 cm³/mol. The summed E-state index contributed by atoms with van der Waals surface area (Å²) in [6.45, 7) is 3.49. The van der Waals surface area contributed by atoms with E-state index in [2.05, 4.69) is 28.2 Å². The number of furan rings is 1. The Balaban J connectivity index is 2.24. The molecular weight excluding hydrogens is 347 g/mol. The maximum absolute atomic E-state index is 12.8. The van der Waals surface area contributed by atoms with Crippen LogP contribution in [-0.2, 0) is 12.7 Å². The Morgan fingerprint density at radius 3 is 2.62 bits per heavy atom. The van der Waals surface area contributed by atoms with Gasteiger partial charge in [-0.25, -0.2) is 0 Å². The van der Waals surface area contributed by atoms with E-state index in [0.717, 1.165) is 25.1 Å². The van der Waals surface area contributed by atoms with Gasteiger partial charge in [0, 0.05) is 10.0 Å². The van der Waals surface area contributed by atoms with Crippen LogP contribution in [0.2, 0.25) is 0 Å². The third-order valence-corrected chi connectivity index (χ3v) is 3.36. The van der Waals surface area contributed by atoms with Crippen molar-refractivity contribution in [1.82, 2.24) is 5.32 Å². The van der Waals surface area contributed by atoms with Crippen LogP contribution in [0.5, 0.6) is 0 Å². The van der Waals surface area contributed by atoms with Crippen molar-refractivity contribution in [3.8, 4) is 11.3 Å². The zero-order chi connectivity index (χ0) is 15.5. The minimum absolute atomic E-state index is 0.370. The number of alkyl halides is 3. The van der Waals surface area contributed by atoms with Gasteiger partial charge in [-0.05, 0) is 43.3 Å². The molecule has 0 bridgehead atoms. The third-order valence-electron chi connectivity index (χ3n) is 2.90. The summed E-state index contributed by atoms with van der Waals surface area (Å²) in [6, 6.07) is 7.21. The minimum Gasteiger partial charge on any atom is -0.460 e. The maximum atomic E-state index is 12.8. The van der Waals surface area contributed by atoms with Crippen LogP contribution in [0.3, 0.4) is 0 Å². The molecule has 0 aliphatic heterocycles. The molecule has 1 heterocycles. The standard InChI is InChI=1S/C15H15BrF3NO/c1-2-5-20-9-13-3-4-14(21-13)10-6-11(15(17,18)19)8-12(16)7-10/h3-4,6-8,20H,2,5,9H2,1H3. The van der Waals surface area contributed by atoms with Gasteiger partial charge in [-0.2, -0.15) is 13.2 Å².